The number of benzene rings is 1. The van der Waals surface area contributed by atoms with Crippen molar-refractivity contribution in [3.05, 3.63) is 52.6 Å². The summed E-state index contributed by atoms with van der Waals surface area (Å²) in [6.45, 7) is 3.61. The molecule has 0 aliphatic carbocycles. The quantitative estimate of drug-likeness (QED) is 0.896. The third-order valence-corrected chi connectivity index (χ3v) is 4.14. The first-order valence-electron chi connectivity index (χ1n) is 8.46. The summed E-state index contributed by atoms with van der Waals surface area (Å²) in [5.41, 5.74) is 0.830. The molecule has 26 heavy (non-hydrogen) atoms. The molecule has 1 aromatic heterocycles. The minimum absolute atomic E-state index is 0.188. The number of carbonyl (C=O) groups is 2. The molecule has 1 saturated heterocycles. The Morgan fingerprint density at radius 3 is 2.42 bits per heavy atom. The second kappa shape index (κ2) is 7.81. The Morgan fingerprint density at radius 2 is 1.77 bits per heavy atom. The number of hydrogen-bond acceptors (Lipinski definition) is 5. The molecule has 2 heterocycles. The van der Waals surface area contributed by atoms with E-state index < -0.39 is 5.69 Å². The molecule has 1 aromatic carbocycles. The van der Waals surface area contributed by atoms with E-state index in [1.807, 2.05) is 30.3 Å². The summed E-state index contributed by atoms with van der Waals surface area (Å²) in [4.78, 5) is 46.0. The second-order valence-corrected chi connectivity index (χ2v) is 5.83. The number of rotatable bonds is 3. The number of ether oxygens (including phenoxy) is 1. The van der Waals surface area contributed by atoms with Crippen LogP contribution in [0.5, 0.6) is 0 Å². The van der Waals surface area contributed by atoms with Crippen LogP contribution in [-0.4, -0.2) is 64.6 Å². The normalized spacial score (nSPS) is 14.2. The van der Waals surface area contributed by atoms with E-state index in [4.69, 9.17) is 4.74 Å². The highest BCUT2D eigenvalue weighted by Crippen LogP contribution is 2.16. The van der Waals surface area contributed by atoms with Gasteiger partial charge in [0.2, 0.25) is 0 Å². The Hall–Kier alpha value is -3.16. The van der Waals surface area contributed by atoms with Gasteiger partial charge in [-0.1, -0.05) is 30.3 Å². The van der Waals surface area contributed by atoms with Crippen molar-refractivity contribution in [2.75, 3.05) is 32.8 Å². The molecule has 0 radical (unpaired) electrons. The predicted octanol–water partition coefficient (Wildman–Crippen LogP) is 1.35. The van der Waals surface area contributed by atoms with E-state index in [2.05, 4.69) is 9.97 Å². The lowest BCUT2D eigenvalue weighted by Gasteiger charge is -2.33. The highest BCUT2D eigenvalue weighted by molar-refractivity contribution is 5.93. The molecule has 2 amide bonds. The SMILES string of the molecule is CCOC(=O)N1CCN(C(=O)c2cc(-c3ccccc3)nc(=O)[nH]2)CC1. The topological polar surface area (TPSA) is 95.6 Å². The predicted molar refractivity (Wildman–Crippen MR) is 94.8 cm³/mol. The summed E-state index contributed by atoms with van der Waals surface area (Å²) in [6.07, 6.45) is -0.372. The van der Waals surface area contributed by atoms with Crippen LogP contribution in [0.1, 0.15) is 17.4 Å². The van der Waals surface area contributed by atoms with Crippen LogP contribution in [0.2, 0.25) is 0 Å². The number of aromatic amines is 1. The molecule has 2 aromatic rings. The highest BCUT2D eigenvalue weighted by Gasteiger charge is 2.26. The molecule has 136 valence electrons. The van der Waals surface area contributed by atoms with E-state index in [1.165, 1.54) is 0 Å². The van der Waals surface area contributed by atoms with Crippen LogP contribution in [0.3, 0.4) is 0 Å². The number of piperazine rings is 1. The van der Waals surface area contributed by atoms with Crippen molar-refractivity contribution in [3.63, 3.8) is 0 Å². The van der Waals surface area contributed by atoms with E-state index in [0.717, 1.165) is 5.56 Å². The third kappa shape index (κ3) is 3.90. The van der Waals surface area contributed by atoms with Gasteiger partial charge in [0.1, 0.15) is 5.69 Å². The summed E-state index contributed by atoms with van der Waals surface area (Å²) < 4.78 is 4.97. The Bertz CT molecular complexity index is 842. The molecule has 8 nitrogen and oxygen atoms in total. The molecule has 3 rings (SSSR count). The van der Waals surface area contributed by atoms with E-state index in [1.54, 1.807) is 22.8 Å². The van der Waals surface area contributed by atoms with Crippen LogP contribution < -0.4 is 5.69 Å². The van der Waals surface area contributed by atoms with E-state index in [0.29, 0.717) is 38.5 Å². The number of carbonyl (C=O) groups excluding carboxylic acids is 2. The fourth-order valence-corrected chi connectivity index (χ4v) is 2.81. The standard InChI is InChI=1S/C18H20N4O4/c1-2-26-18(25)22-10-8-21(9-11-22)16(23)15-12-14(19-17(24)20-15)13-6-4-3-5-7-13/h3-7,12H,2,8-11H2,1H3,(H,19,20,24). The minimum atomic E-state index is -0.570. The van der Waals surface area contributed by atoms with Crippen molar-refractivity contribution in [2.45, 2.75) is 6.92 Å². The molecule has 1 fully saturated rings. The van der Waals surface area contributed by atoms with Gasteiger partial charge in [-0.15, -0.1) is 0 Å². The Labute approximate surface area is 150 Å². The van der Waals surface area contributed by atoms with E-state index >= 15 is 0 Å². The summed E-state index contributed by atoms with van der Waals surface area (Å²) in [5, 5.41) is 0. The fraction of sp³-hybridized carbons (Fsp3) is 0.333. The maximum atomic E-state index is 12.7. The van der Waals surface area contributed by atoms with Crippen LogP contribution in [-0.2, 0) is 4.74 Å². The first kappa shape index (κ1) is 17.7. The third-order valence-electron chi connectivity index (χ3n) is 4.14. The van der Waals surface area contributed by atoms with Crippen molar-refractivity contribution < 1.29 is 14.3 Å². The van der Waals surface area contributed by atoms with Gasteiger partial charge >= 0.3 is 11.8 Å². The summed E-state index contributed by atoms with van der Waals surface area (Å²) in [5.74, 6) is -0.287. The van der Waals surface area contributed by atoms with Gasteiger partial charge in [-0.25, -0.2) is 9.59 Å². The van der Waals surface area contributed by atoms with E-state index in [-0.39, 0.29) is 17.7 Å². The van der Waals surface area contributed by atoms with Gasteiger partial charge < -0.3 is 19.5 Å². The first-order valence-corrected chi connectivity index (χ1v) is 8.46. The smallest absolute Gasteiger partial charge is 0.409 e. The van der Waals surface area contributed by atoms with Crippen LogP contribution in [0.4, 0.5) is 4.79 Å². The average Bonchev–Trinajstić information content (AvgIpc) is 2.68. The molecule has 0 spiro atoms. The van der Waals surface area contributed by atoms with Crippen molar-refractivity contribution >= 4 is 12.0 Å². The number of amides is 2. The number of aromatic nitrogens is 2. The molecule has 1 aliphatic rings. The molecule has 1 aliphatic heterocycles. The van der Waals surface area contributed by atoms with Gasteiger partial charge in [0.25, 0.3) is 5.91 Å². The van der Waals surface area contributed by atoms with Gasteiger partial charge in [-0.05, 0) is 13.0 Å². The summed E-state index contributed by atoms with van der Waals surface area (Å²) in [6, 6.07) is 10.8. The number of nitrogens with zero attached hydrogens (tertiary/aromatic N) is 3. The number of nitrogens with one attached hydrogen (secondary N) is 1. The van der Waals surface area contributed by atoms with Gasteiger partial charge in [-0.2, -0.15) is 4.98 Å². The van der Waals surface area contributed by atoms with Gasteiger partial charge in [0.15, 0.2) is 0 Å². The van der Waals surface area contributed by atoms with Crippen LogP contribution in [0.15, 0.2) is 41.2 Å². The van der Waals surface area contributed by atoms with Crippen LogP contribution >= 0.6 is 0 Å². The molecule has 0 bridgehead atoms. The maximum Gasteiger partial charge on any atom is 0.409 e. The van der Waals surface area contributed by atoms with Gasteiger partial charge in [-0.3, -0.25) is 4.79 Å². The van der Waals surface area contributed by atoms with Gasteiger partial charge in [0.05, 0.1) is 12.3 Å². The molecule has 0 unspecified atom stereocenters. The minimum Gasteiger partial charge on any atom is -0.450 e. The van der Waals surface area contributed by atoms with Crippen molar-refractivity contribution in [3.8, 4) is 11.3 Å². The molecule has 1 N–H and O–H groups in total. The summed E-state index contributed by atoms with van der Waals surface area (Å²) in [7, 11) is 0. The fourth-order valence-electron chi connectivity index (χ4n) is 2.81. The Morgan fingerprint density at radius 1 is 1.12 bits per heavy atom. The zero-order chi connectivity index (χ0) is 18.5. The zero-order valence-corrected chi connectivity index (χ0v) is 14.5. The monoisotopic (exact) mass is 356 g/mol. The summed E-state index contributed by atoms with van der Waals surface area (Å²) >= 11 is 0. The lowest BCUT2D eigenvalue weighted by atomic mass is 10.1. The zero-order valence-electron chi connectivity index (χ0n) is 14.5. The van der Waals surface area contributed by atoms with Crippen molar-refractivity contribution in [1.82, 2.24) is 19.8 Å². The lowest BCUT2D eigenvalue weighted by molar-refractivity contribution is 0.0565. The molecule has 0 atom stereocenters. The second-order valence-electron chi connectivity index (χ2n) is 5.83. The van der Waals surface area contributed by atoms with Crippen molar-refractivity contribution in [1.29, 1.82) is 0 Å². The number of H-pyrrole nitrogens is 1. The Kier molecular flexibility index (Phi) is 5.31. The lowest BCUT2D eigenvalue weighted by Crippen LogP contribution is -2.51. The maximum absolute atomic E-state index is 12.7. The largest absolute Gasteiger partial charge is 0.450 e. The Balaban J connectivity index is 1.74. The molecular formula is C18H20N4O4. The van der Waals surface area contributed by atoms with E-state index in [9.17, 15) is 14.4 Å². The van der Waals surface area contributed by atoms with Crippen LogP contribution in [0, 0.1) is 0 Å². The van der Waals surface area contributed by atoms with Crippen LogP contribution in [0.25, 0.3) is 11.3 Å². The molecular weight excluding hydrogens is 336 g/mol. The molecule has 8 heteroatoms. The molecule has 0 saturated carbocycles. The van der Waals surface area contributed by atoms with Gasteiger partial charge in [0, 0.05) is 31.7 Å². The van der Waals surface area contributed by atoms with Crippen molar-refractivity contribution in [2.24, 2.45) is 0 Å². The highest BCUT2D eigenvalue weighted by atomic mass is 16.6. The average molecular weight is 356 g/mol. The number of hydrogen-bond donors (Lipinski definition) is 1. The first-order chi connectivity index (χ1) is 12.6.